The van der Waals surface area contributed by atoms with E-state index in [-0.39, 0.29) is 0 Å². The van der Waals surface area contributed by atoms with Crippen LogP contribution in [-0.2, 0) is 4.43 Å². The van der Waals surface area contributed by atoms with Crippen LogP contribution in [0.3, 0.4) is 0 Å². The Morgan fingerprint density at radius 1 is 1.19 bits per heavy atom. The molecule has 1 fully saturated rings. The van der Waals surface area contributed by atoms with Crippen molar-refractivity contribution in [3.63, 3.8) is 0 Å². The second-order valence-electron chi connectivity index (χ2n) is 6.59. The summed E-state index contributed by atoms with van der Waals surface area (Å²) in [4.78, 5) is 0. The largest absolute Gasteiger partial charge is 0.416 e. The highest BCUT2D eigenvalue weighted by atomic mass is 28.4. The first-order valence-electron chi connectivity index (χ1n) is 6.67. The summed E-state index contributed by atoms with van der Waals surface area (Å²) < 4.78 is 6.09. The lowest BCUT2D eigenvalue weighted by molar-refractivity contribution is 0.285. The van der Waals surface area contributed by atoms with Gasteiger partial charge in [-0.05, 0) is 37.0 Å². The molecule has 0 atom stereocenters. The molecule has 1 aliphatic rings. The zero-order chi connectivity index (χ0) is 12.2. The van der Waals surface area contributed by atoms with E-state index in [1.807, 2.05) is 0 Å². The van der Waals surface area contributed by atoms with Crippen molar-refractivity contribution >= 4 is 8.32 Å². The molecule has 0 spiro atoms. The highest BCUT2D eigenvalue weighted by molar-refractivity contribution is 6.74. The third-order valence-electron chi connectivity index (χ3n) is 3.97. The van der Waals surface area contributed by atoms with Crippen LogP contribution in [0.2, 0.25) is 18.1 Å². The van der Waals surface area contributed by atoms with Gasteiger partial charge in [-0.2, -0.15) is 0 Å². The number of rotatable bonds is 7. The summed E-state index contributed by atoms with van der Waals surface area (Å²) in [6.07, 6.45) is 4.28. The lowest BCUT2D eigenvalue weighted by Gasteiger charge is -2.36. The molecule has 1 saturated carbocycles. The Morgan fingerprint density at radius 2 is 1.81 bits per heavy atom. The molecule has 1 aliphatic carbocycles. The molecule has 0 amide bonds. The molecule has 2 nitrogen and oxygen atoms in total. The Hall–Kier alpha value is 0.137. The van der Waals surface area contributed by atoms with Gasteiger partial charge in [-0.25, -0.2) is 0 Å². The Morgan fingerprint density at radius 3 is 2.31 bits per heavy atom. The second kappa shape index (κ2) is 5.65. The Bertz CT molecular complexity index is 206. The van der Waals surface area contributed by atoms with Crippen LogP contribution >= 0.6 is 0 Å². The maximum absolute atomic E-state index is 6.09. The van der Waals surface area contributed by atoms with Gasteiger partial charge in [0, 0.05) is 13.2 Å². The van der Waals surface area contributed by atoms with E-state index in [4.69, 9.17) is 4.43 Å². The Balaban J connectivity index is 2.00. The smallest absolute Gasteiger partial charge is 0.192 e. The quantitative estimate of drug-likeness (QED) is 0.546. The molecule has 0 aromatic heterocycles. The van der Waals surface area contributed by atoms with Gasteiger partial charge in [0.1, 0.15) is 0 Å². The summed E-state index contributed by atoms with van der Waals surface area (Å²) in [5, 5.41) is 3.81. The van der Waals surface area contributed by atoms with Crippen LogP contribution in [0.25, 0.3) is 0 Å². The molecule has 0 bridgehead atoms. The van der Waals surface area contributed by atoms with Gasteiger partial charge in [-0.3, -0.25) is 0 Å². The maximum atomic E-state index is 6.09. The normalized spacial score (nSPS) is 17.8. The van der Waals surface area contributed by atoms with Crippen molar-refractivity contribution in [1.29, 1.82) is 0 Å². The molecule has 0 aromatic carbocycles. The molecule has 0 unspecified atom stereocenters. The molecule has 0 aliphatic heterocycles. The first kappa shape index (κ1) is 14.2. The van der Waals surface area contributed by atoms with E-state index in [0.717, 1.165) is 19.1 Å². The van der Waals surface area contributed by atoms with Crippen molar-refractivity contribution in [2.75, 3.05) is 19.7 Å². The van der Waals surface area contributed by atoms with E-state index in [2.05, 4.69) is 39.2 Å². The van der Waals surface area contributed by atoms with Gasteiger partial charge in [0.05, 0.1) is 0 Å². The zero-order valence-electron chi connectivity index (χ0n) is 11.7. The van der Waals surface area contributed by atoms with E-state index < -0.39 is 8.32 Å². The first-order chi connectivity index (χ1) is 7.33. The van der Waals surface area contributed by atoms with Crippen molar-refractivity contribution < 1.29 is 4.43 Å². The lowest BCUT2D eigenvalue weighted by atomic mass is 10.2. The minimum Gasteiger partial charge on any atom is -0.416 e. The molecular formula is C13H29NOSi. The molecule has 1 N–H and O–H groups in total. The van der Waals surface area contributed by atoms with Gasteiger partial charge < -0.3 is 9.74 Å². The lowest BCUT2D eigenvalue weighted by Crippen LogP contribution is -2.42. The van der Waals surface area contributed by atoms with Crippen molar-refractivity contribution in [3.8, 4) is 0 Å². The van der Waals surface area contributed by atoms with Crippen molar-refractivity contribution in [1.82, 2.24) is 5.32 Å². The molecule has 3 heteroatoms. The van der Waals surface area contributed by atoms with Gasteiger partial charge in [0.15, 0.2) is 8.32 Å². The summed E-state index contributed by atoms with van der Waals surface area (Å²) >= 11 is 0. The zero-order valence-corrected chi connectivity index (χ0v) is 12.7. The maximum Gasteiger partial charge on any atom is 0.192 e. The van der Waals surface area contributed by atoms with E-state index >= 15 is 0 Å². The minimum atomic E-state index is -1.51. The van der Waals surface area contributed by atoms with Gasteiger partial charge in [0.2, 0.25) is 0 Å². The van der Waals surface area contributed by atoms with E-state index in [1.54, 1.807) is 0 Å². The van der Waals surface area contributed by atoms with E-state index in [1.165, 1.54) is 25.8 Å². The second-order valence-corrected chi connectivity index (χ2v) is 11.4. The highest BCUT2D eigenvalue weighted by Crippen LogP contribution is 2.36. The summed E-state index contributed by atoms with van der Waals surface area (Å²) in [5.41, 5.74) is 0. The van der Waals surface area contributed by atoms with Crippen LogP contribution in [0.4, 0.5) is 0 Å². The predicted octanol–water partition coefficient (Wildman–Crippen LogP) is 3.40. The predicted molar refractivity (Wildman–Crippen MR) is 73.4 cm³/mol. The van der Waals surface area contributed by atoms with Crippen molar-refractivity contribution in [2.24, 2.45) is 5.92 Å². The van der Waals surface area contributed by atoms with Gasteiger partial charge in [-0.15, -0.1) is 0 Å². The Labute approximate surface area is 102 Å². The fourth-order valence-corrected chi connectivity index (χ4v) is 2.48. The monoisotopic (exact) mass is 243 g/mol. The third-order valence-corrected chi connectivity index (χ3v) is 8.51. The summed E-state index contributed by atoms with van der Waals surface area (Å²) in [6, 6.07) is 0. The van der Waals surface area contributed by atoms with E-state index in [9.17, 15) is 0 Å². The molecule has 0 radical (unpaired) electrons. The van der Waals surface area contributed by atoms with Gasteiger partial charge in [-0.1, -0.05) is 33.6 Å². The SMILES string of the molecule is CC(C)(C)[Si](C)(C)OCCNCCC1CC1. The summed E-state index contributed by atoms with van der Waals surface area (Å²) in [6.45, 7) is 14.6. The fourth-order valence-electron chi connectivity index (χ4n) is 1.43. The molecule has 0 aromatic rings. The average molecular weight is 243 g/mol. The van der Waals surface area contributed by atoms with Gasteiger partial charge >= 0.3 is 0 Å². The van der Waals surface area contributed by atoms with Gasteiger partial charge in [0.25, 0.3) is 0 Å². The molecule has 1 rings (SSSR count). The van der Waals surface area contributed by atoms with Crippen LogP contribution in [0, 0.1) is 5.92 Å². The van der Waals surface area contributed by atoms with E-state index in [0.29, 0.717) is 5.04 Å². The van der Waals surface area contributed by atoms with Crippen molar-refractivity contribution in [2.45, 2.75) is 58.2 Å². The summed E-state index contributed by atoms with van der Waals surface area (Å²) in [7, 11) is -1.51. The first-order valence-corrected chi connectivity index (χ1v) is 9.58. The van der Waals surface area contributed by atoms with Crippen LogP contribution in [0.15, 0.2) is 0 Å². The number of nitrogens with one attached hydrogen (secondary N) is 1. The van der Waals surface area contributed by atoms with Crippen LogP contribution in [0.1, 0.15) is 40.0 Å². The molecule has 96 valence electrons. The fraction of sp³-hybridized carbons (Fsp3) is 1.00. The highest BCUT2D eigenvalue weighted by Gasteiger charge is 2.36. The van der Waals surface area contributed by atoms with Crippen molar-refractivity contribution in [3.05, 3.63) is 0 Å². The Kier molecular flexibility index (Phi) is 5.01. The number of hydrogen-bond donors (Lipinski definition) is 1. The van der Waals surface area contributed by atoms with Crippen LogP contribution < -0.4 is 5.32 Å². The molecular weight excluding hydrogens is 214 g/mol. The molecule has 16 heavy (non-hydrogen) atoms. The topological polar surface area (TPSA) is 21.3 Å². The van der Waals surface area contributed by atoms with Crippen LogP contribution in [-0.4, -0.2) is 28.0 Å². The molecule has 0 heterocycles. The van der Waals surface area contributed by atoms with Crippen LogP contribution in [0.5, 0.6) is 0 Å². The standard InChI is InChI=1S/C13H29NOSi/c1-13(2,3)16(4,5)15-11-10-14-9-8-12-6-7-12/h12,14H,6-11H2,1-5H3. The molecule has 0 saturated heterocycles. The number of hydrogen-bond acceptors (Lipinski definition) is 2. The average Bonchev–Trinajstić information content (AvgIpc) is 2.92. The third kappa shape index (κ3) is 4.98. The minimum absolute atomic E-state index is 0.334. The summed E-state index contributed by atoms with van der Waals surface area (Å²) in [5.74, 6) is 1.04.